The molecule has 0 aliphatic carbocycles. The molecule has 0 saturated carbocycles. The molecule has 0 radical (unpaired) electrons. The Morgan fingerprint density at radius 1 is 1.09 bits per heavy atom. The van der Waals surface area contributed by atoms with Crippen molar-refractivity contribution in [1.82, 2.24) is 9.78 Å². The first-order valence-corrected chi connectivity index (χ1v) is 6.73. The van der Waals surface area contributed by atoms with E-state index in [1.54, 1.807) is 11.8 Å². The van der Waals surface area contributed by atoms with E-state index in [4.69, 9.17) is 10.5 Å². The molecule has 3 rings (SSSR count). The number of nitrogens with two attached hydrogens (primary N) is 1. The molecule has 5 nitrogen and oxygen atoms in total. The van der Waals surface area contributed by atoms with Gasteiger partial charge in [-0.2, -0.15) is 10.4 Å². The van der Waals surface area contributed by atoms with Crippen LogP contribution in [0.2, 0.25) is 0 Å². The Balaban J connectivity index is 2.24. The standard InChI is InChI=1S/C17H14N4O/c1-22-15-10-6-5-9-13(15)16-14(11-18)17(19)21(20-16)12-7-3-2-4-8-12/h2-10H,19H2,1H3. The molecule has 1 heterocycles. The molecule has 5 heteroatoms. The van der Waals surface area contributed by atoms with Crippen LogP contribution in [0.5, 0.6) is 5.75 Å². The fraction of sp³-hybridized carbons (Fsp3) is 0.0588. The molecule has 0 aliphatic heterocycles. The zero-order valence-electron chi connectivity index (χ0n) is 12.0. The highest BCUT2D eigenvalue weighted by atomic mass is 16.5. The van der Waals surface area contributed by atoms with Crippen molar-refractivity contribution in [2.45, 2.75) is 0 Å². The van der Waals surface area contributed by atoms with Crippen molar-refractivity contribution in [3.05, 3.63) is 60.2 Å². The lowest BCUT2D eigenvalue weighted by Crippen LogP contribution is -2.01. The van der Waals surface area contributed by atoms with E-state index in [0.29, 0.717) is 22.8 Å². The summed E-state index contributed by atoms with van der Waals surface area (Å²) >= 11 is 0. The fourth-order valence-corrected chi connectivity index (χ4v) is 2.34. The molecule has 0 fully saturated rings. The lowest BCUT2D eigenvalue weighted by molar-refractivity contribution is 0.416. The van der Waals surface area contributed by atoms with Crippen LogP contribution in [0.25, 0.3) is 16.9 Å². The van der Waals surface area contributed by atoms with Crippen LogP contribution in [-0.4, -0.2) is 16.9 Å². The first-order chi connectivity index (χ1) is 10.8. The normalized spacial score (nSPS) is 10.2. The van der Waals surface area contributed by atoms with Gasteiger partial charge in [-0.25, -0.2) is 4.68 Å². The van der Waals surface area contributed by atoms with Crippen molar-refractivity contribution in [2.24, 2.45) is 0 Å². The first-order valence-electron chi connectivity index (χ1n) is 6.73. The summed E-state index contributed by atoms with van der Waals surface area (Å²) < 4.78 is 6.92. The maximum absolute atomic E-state index is 9.46. The van der Waals surface area contributed by atoms with Crippen LogP contribution in [0.4, 0.5) is 5.82 Å². The van der Waals surface area contributed by atoms with E-state index in [9.17, 15) is 5.26 Å². The van der Waals surface area contributed by atoms with Gasteiger partial charge in [-0.15, -0.1) is 0 Å². The van der Waals surface area contributed by atoms with Gasteiger partial charge in [-0.3, -0.25) is 0 Å². The number of anilines is 1. The molecular formula is C17H14N4O. The molecule has 3 aromatic rings. The third-order valence-electron chi connectivity index (χ3n) is 3.40. The highest BCUT2D eigenvalue weighted by Crippen LogP contribution is 2.34. The summed E-state index contributed by atoms with van der Waals surface area (Å²) in [6.07, 6.45) is 0. The second-order valence-corrected chi connectivity index (χ2v) is 4.67. The number of benzene rings is 2. The van der Waals surface area contributed by atoms with E-state index in [0.717, 1.165) is 11.3 Å². The topological polar surface area (TPSA) is 76.9 Å². The van der Waals surface area contributed by atoms with Crippen molar-refractivity contribution >= 4 is 5.82 Å². The van der Waals surface area contributed by atoms with Gasteiger partial charge in [-0.05, 0) is 24.3 Å². The molecule has 0 amide bonds. The monoisotopic (exact) mass is 290 g/mol. The lowest BCUT2D eigenvalue weighted by Gasteiger charge is -2.05. The van der Waals surface area contributed by atoms with E-state index in [2.05, 4.69) is 11.2 Å². The molecule has 22 heavy (non-hydrogen) atoms. The van der Waals surface area contributed by atoms with Gasteiger partial charge in [0.1, 0.15) is 28.9 Å². The smallest absolute Gasteiger partial charge is 0.145 e. The van der Waals surface area contributed by atoms with E-state index >= 15 is 0 Å². The fourth-order valence-electron chi connectivity index (χ4n) is 2.34. The third-order valence-corrected chi connectivity index (χ3v) is 3.40. The Bertz CT molecular complexity index is 847. The summed E-state index contributed by atoms with van der Waals surface area (Å²) in [5.41, 5.74) is 8.51. The number of hydrogen-bond donors (Lipinski definition) is 1. The minimum absolute atomic E-state index is 0.314. The Morgan fingerprint density at radius 2 is 1.77 bits per heavy atom. The lowest BCUT2D eigenvalue weighted by atomic mass is 10.1. The highest BCUT2D eigenvalue weighted by molar-refractivity contribution is 5.77. The van der Waals surface area contributed by atoms with Gasteiger partial charge < -0.3 is 10.5 Å². The number of nitriles is 1. The number of nitrogens with zero attached hydrogens (tertiary/aromatic N) is 3. The van der Waals surface area contributed by atoms with E-state index in [1.165, 1.54) is 0 Å². The summed E-state index contributed by atoms with van der Waals surface area (Å²) in [5.74, 6) is 0.964. The molecule has 108 valence electrons. The second-order valence-electron chi connectivity index (χ2n) is 4.67. The number of para-hydroxylation sites is 2. The number of hydrogen-bond acceptors (Lipinski definition) is 4. The number of aromatic nitrogens is 2. The van der Waals surface area contributed by atoms with Gasteiger partial charge in [0.05, 0.1) is 12.8 Å². The molecule has 0 bridgehead atoms. The Morgan fingerprint density at radius 3 is 2.45 bits per heavy atom. The highest BCUT2D eigenvalue weighted by Gasteiger charge is 2.20. The molecule has 0 aliphatic rings. The van der Waals surface area contributed by atoms with Crippen molar-refractivity contribution in [1.29, 1.82) is 5.26 Å². The summed E-state index contributed by atoms with van der Waals surface area (Å²) in [6.45, 7) is 0. The summed E-state index contributed by atoms with van der Waals surface area (Å²) in [5, 5.41) is 14.0. The quantitative estimate of drug-likeness (QED) is 0.804. The predicted molar refractivity (Wildman–Crippen MR) is 84.7 cm³/mol. The van der Waals surface area contributed by atoms with Crippen LogP contribution in [0.3, 0.4) is 0 Å². The van der Waals surface area contributed by atoms with Gasteiger partial charge in [0.2, 0.25) is 0 Å². The maximum Gasteiger partial charge on any atom is 0.145 e. The largest absolute Gasteiger partial charge is 0.496 e. The Hall–Kier alpha value is -3.26. The minimum Gasteiger partial charge on any atom is -0.496 e. The molecule has 0 atom stereocenters. The van der Waals surface area contributed by atoms with Crippen LogP contribution >= 0.6 is 0 Å². The number of ether oxygens (including phenoxy) is 1. The van der Waals surface area contributed by atoms with Crippen molar-refractivity contribution < 1.29 is 4.74 Å². The van der Waals surface area contributed by atoms with Gasteiger partial charge in [0, 0.05) is 5.56 Å². The van der Waals surface area contributed by atoms with Crippen molar-refractivity contribution in [2.75, 3.05) is 12.8 Å². The van der Waals surface area contributed by atoms with E-state index in [-0.39, 0.29) is 0 Å². The maximum atomic E-state index is 9.46. The van der Waals surface area contributed by atoms with Gasteiger partial charge in [-0.1, -0.05) is 30.3 Å². The molecule has 0 spiro atoms. The summed E-state index contributed by atoms with van der Waals surface area (Å²) in [4.78, 5) is 0. The van der Waals surface area contributed by atoms with Crippen LogP contribution in [-0.2, 0) is 0 Å². The van der Waals surface area contributed by atoms with E-state index in [1.807, 2.05) is 54.6 Å². The van der Waals surface area contributed by atoms with Crippen LogP contribution in [0, 0.1) is 11.3 Å². The zero-order valence-corrected chi connectivity index (χ0v) is 12.0. The first kappa shape index (κ1) is 13.7. The molecule has 0 saturated heterocycles. The Labute approximate surface area is 128 Å². The zero-order chi connectivity index (χ0) is 15.5. The molecular weight excluding hydrogens is 276 g/mol. The summed E-state index contributed by atoms with van der Waals surface area (Å²) in [6, 6.07) is 19.0. The van der Waals surface area contributed by atoms with Gasteiger partial charge in [0.15, 0.2) is 0 Å². The average Bonchev–Trinajstić information content (AvgIpc) is 2.92. The number of nitrogen functional groups attached to an aromatic ring is 1. The third kappa shape index (κ3) is 2.17. The van der Waals surface area contributed by atoms with Crippen LogP contribution in [0.15, 0.2) is 54.6 Å². The predicted octanol–water partition coefficient (Wildman–Crippen LogP) is 3.00. The number of rotatable bonds is 3. The molecule has 0 unspecified atom stereocenters. The molecule has 2 N–H and O–H groups in total. The summed E-state index contributed by atoms with van der Waals surface area (Å²) in [7, 11) is 1.59. The van der Waals surface area contributed by atoms with Crippen molar-refractivity contribution in [3.8, 4) is 28.8 Å². The second kappa shape index (κ2) is 5.62. The van der Waals surface area contributed by atoms with E-state index < -0.39 is 0 Å². The van der Waals surface area contributed by atoms with Crippen LogP contribution in [0.1, 0.15) is 5.56 Å². The number of methoxy groups -OCH3 is 1. The minimum atomic E-state index is 0.314. The molecule has 2 aromatic carbocycles. The average molecular weight is 290 g/mol. The molecule has 1 aromatic heterocycles. The van der Waals surface area contributed by atoms with Gasteiger partial charge in [0.25, 0.3) is 0 Å². The SMILES string of the molecule is COc1ccccc1-c1nn(-c2ccccc2)c(N)c1C#N. The van der Waals surface area contributed by atoms with Crippen LogP contribution < -0.4 is 10.5 Å². The van der Waals surface area contributed by atoms with Crippen molar-refractivity contribution in [3.63, 3.8) is 0 Å². The Kier molecular flexibility index (Phi) is 3.50. The van der Waals surface area contributed by atoms with Gasteiger partial charge >= 0.3 is 0 Å².